The van der Waals surface area contributed by atoms with E-state index in [9.17, 15) is 18.8 Å². The van der Waals surface area contributed by atoms with Crippen LogP contribution in [-0.2, 0) is 11.2 Å². The maximum Gasteiger partial charge on any atom is 0.321 e. The van der Waals surface area contributed by atoms with Crippen molar-refractivity contribution in [1.82, 2.24) is 20.1 Å². The van der Waals surface area contributed by atoms with Gasteiger partial charge in [0.1, 0.15) is 5.82 Å². The molecule has 42 heavy (non-hydrogen) atoms. The third kappa shape index (κ3) is 7.95. The third-order valence-corrected chi connectivity index (χ3v) is 10.4. The number of thiazole rings is 1. The minimum atomic E-state index is -0.353. The molecule has 3 aliphatic rings. The van der Waals surface area contributed by atoms with Crippen molar-refractivity contribution in [3.05, 3.63) is 46.2 Å². The van der Waals surface area contributed by atoms with Gasteiger partial charge in [0.05, 0.1) is 16.6 Å². The minimum absolute atomic E-state index is 0.0677. The molecule has 10 heteroatoms. The number of hydrogen-bond acceptors (Lipinski definition) is 6. The molecule has 2 saturated heterocycles. The van der Waals surface area contributed by atoms with Gasteiger partial charge in [-0.2, -0.15) is 0 Å². The molecule has 3 heterocycles. The first-order valence-corrected chi connectivity index (χ1v) is 16.4. The van der Waals surface area contributed by atoms with Crippen molar-refractivity contribution in [2.45, 2.75) is 77.7 Å². The second kappa shape index (κ2) is 14.1. The molecule has 1 unspecified atom stereocenters. The summed E-state index contributed by atoms with van der Waals surface area (Å²) in [5, 5.41) is 6.42. The normalized spacial score (nSPS) is 23.9. The fourth-order valence-corrected chi connectivity index (χ4v) is 7.89. The molecule has 5 rings (SSSR count). The van der Waals surface area contributed by atoms with Crippen LogP contribution in [0, 0.1) is 30.5 Å². The van der Waals surface area contributed by atoms with Crippen LogP contribution in [0.1, 0.15) is 79.2 Å². The molecule has 2 aromatic rings. The highest BCUT2D eigenvalue weighted by molar-refractivity contribution is 7.17. The fourth-order valence-electron chi connectivity index (χ4n) is 7.04. The van der Waals surface area contributed by atoms with E-state index in [-0.39, 0.29) is 41.4 Å². The number of benzene rings is 1. The zero-order valence-corrected chi connectivity index (χ0v) is 25.7. The molecule has 1 saturated carbocycles. The Balaban J connectivity index is 1.24. The minimum Gasteiger partial charge on any atom is -0.340 e. The second-order valence-corrected chi connectivity index (χ2v) is 13.5. The van der Waals surface area contributed by atoms with Crippen molar-refractivity contribution >= 4 is 34.2 Å². The van der Waals surface area contributed by atoms with Crippen LogP contribution in [0.5, 0.6) is 0 Å². The van der Waals surface area contributed by atoms with Crippen LogP contribution in [0.3, 0.4) is 0 Å². The molecule has 3 atom stereocenters. The molecule has 3 amide bonds. The zero-order chi connectivity index (χ0) is 29.6. The number of anilines is 1. The summed E-state index contributed by atoms with van der Waals surface area (Å²) >= 11 is 1.19. The van der Waals surface area contributed by atoms with Gasteiger partial charge in [0.15, 0.2) is 10.9 Å². The third-order valence-electron chi connectivity index (χ3n) is 9.21. The van der Waals surface area contributed by atoms with Crippen molar-refractivity contribution in [3.63, 3.8) is 0 Å². The maximum absolute atomic E-state index is 13.4. The Kier molecular flexibility index (Phi) is 10.3. The van der Waals surface area contributed by atoms with E-state index in [1.165, 1.54) is 42.4 Å². The van der Waals surface area contributed by atoms with E-state index in [1.54, 1.807) is 6.92 Å². The van der Waals surface area contributed by atoms with E-state index in [4.69, 9.17) is 0 Å². The zero-order valence-electron chi connectivity index (χ0n) is 24.9. The van der Waals surface area contributed by atoms with E-state index >= 15 is 0 Å². The van der Waals surface area contributed by atoms with Gasteiger partial charge in [-0.15, -0.1) is 0 Å². The largest absolute Gasteiger partial charge is 0.340 e. The van der Waals surface area contributed by atoms with Gasteiger partial charge in [0, 0.05) is 39.0 Å². The highest BCUT2D eigenvalue weighted by Crippen LogP contribution is 2.30. The average molecular weight is 598 g/mol. The molecule has 2 aliphatic heterocycles. The average Bonchev–Trinajstić information content (AvgIpc) is 3.35. The lowest BCUT2D eigenvalue weighted by Crippen LogP contribution is -2.58. The number of likely N-dealkylation sites (tertiary alicyclic amines) is 2. The van der Waals surface area contributed by atoms with Crippen molar-refractivity contribution in [2.24, 2.45) is 17.8 Å². The van der Waals surface area contributed by atoms with Crippen molar-refractivity contribution in [3.8, 4) is 0 Å². The predicted molar refractivity (Wildman–Crippen MR) is 163 cm³/mol. The number of carbonyl (C=O) groups excluding carboxylic acids is 3. The number of rotatable bonds is 8. The highest BCUT2D eigenvalue weighted by Gasteiger charge is 2.36. The molecule has 1 aromatic carbocycles. The molecule has 1 aliphatic carbocycles. The van der Waals surface area contributed by atoms with Gasteiger partial charge in [-0.3, -0.25) is 14.9 Å². The topological polar surface area (TPSA) is 94.6 Å². The number of nitrogens with zero attached hydrogens (tertiary/aromatic N) is 3. The molecular weight excluding hydrogens is 553 g/mol. The first-order valence-electron chi connectivity index (χ1n) is 15.6. The summed E-state index contributed by atoms with van der Waals surface area (Å²) in [5.74, 6) is 0.782. The van der Waals surface area contributed by atoms with Gasteiger partial charge in [-0.25, -0.2) is 14.2 Å². The number of amides is 3. The first kappa shape index (κ1) is 30.6. The van der Waals surface area contributed by atoms with Crippen LogP contribution in [0.25, 0.3) is 0 Å². The molecule has 2 N–H and O–H groups in total. The van der Waals surface area contributed by atoms with Crippen LogP contribution < -0.4 is 10.6 Å². The second-order valence-electron chi connectivity index (χ2n) is 12.5. The lowest BCUT2D eigenvalue weighted by molar-refractivity contribution is -0.138. The van der Waals surface area contributed by atoms with Gasteiger partial charge < -0.3 is 15.1 Å². The molecule has 8 nitrogen and oxygen atoms in total. The summed E-state index contributed by atoms with van der Waals surface area (Å²) in [4.78, 5) is 47.9. The highest BCUT2D eigenvalue weighted by atomic mass is 32.1. The SMILES string of the molecule is CC(=O)c1sc(NC(=O)N[C@H]2CN(C(=O)C3CCCCC3)CC[C@H]2CN2CCCC(Cc3ccc(F)cc3)C2)nc1C. The number of urea groups is 1. The van der Waals surface area contributed by atoms with Crippen LogP contribution in [0.15, 0.2) is 24.3 Å². The Hall–Kier alpha value is -2.85. The van der Waals surface area contributed by atoms with Gasteiger partial charge >= 0.3 is 6.03 Å². The smallest absolute Gasteiger partial charge is 0.321 e. The van der Waals surface area contributed by atoms with Gasteiger partial charge in [0.25, 0.3) is 0 Å². The Bertz CT molecular complexity index is 1250. The molecule has 1 aromatic heterocycles. The molecule has 3 fully saturated rings. The van der Waals surface area contributed by atoms with Crippen molar-refractivity contribution in [2.75, 3.05) is 38.0 Å². The Morgan fingerprint density at radius 3 is 2.48 bits per heavy atom. The van der Waals surface area contributed by atoms with Crippen LogP contribution in [-0.4, -0.2) is 71.3 Å². The van der Waals surface area contributed by atoms with E-state index < -0.39 is 0 Å². The number of piperidine rings is 2. The van der Waals surface area contributed by atoms with Crippen LogP contribution >= 0.6 is 11.3 Å². The lowest BCUT2D eigenvalue weighted by Gasteiger charge is -2.43. The predicted octanol–water partition coefficient (Wildman–Crippen LogP) is 5.67. The monoisotopic (exact) mass is 597 g/mol. The van der Waals surface area contributed by atoms with Gasteiger partial charge in [-0.1, -0.05) is 42.7 Å². The quantitative estimate of drug-likeness (QED) is 0.383. The summed E-state index contributed by atoms with van der Waals surface area (Å²) in [6.45, 7) is 7.36. The summed E-state index contributed by atoms with van der Waals surface area (Å²) in [6.07, 6.45) is 9.40. The van der Waals surface area contributed by atoms with Gasteiger partial charge in [0.2, 0.25) is 5.91 Å². The van der Waals surface area contributed by atoms with E-state index in [0.717, 1.165) is 77.5 Å². The van der Waals surface area contributed by atoms with Crippen LogP contribution in [0.4, 0.5) is 14.3 Å². The maximum atomic E-state index is 13.4. The summed E-state index contributed by atoms with van der Waals surface area (Å²) < 4.78 is 13.4. The molecule has 0 spiro atoms. The Morgan fingerprint density at radius 2 is 1.76 bits per heavy atom. The standard InChI is InChI=1S/C32H44FN5O3S/c1-21-29(22(2)39)42-32(34-21)36-31(41)35-28-20-38(30(40)25-8-4-3-5-9-25)16-14-26(28)19-37-15-6-7-24(18-37)17-23-10-12-27(33)13-11-23/h10-13,24-26,28H,3-9,14-20H2,1-2H3,(H2,34,35,36,41)/t24?,26-,28-/m0/s1. The number of ketones is 1. The molecule has 0 radical (unpaired) electrons. The number of carbonyl (C=O) groups is 3. The molecular formula is C32H44FN5O3S. The summed E-state index contributed by atoms with van der Waals surface area (Å²) in [6, 6.07) is 6.30. The summed E-state index contributed by atoms with van der Waals surface area (Å²) in [7, 11) is 0. The number of aryl methyl sites for hydroxylation is 1. The van der Waals surface area contributed by atoms with Crippen LogP contribution in [0.2, 0.25) is 0 Å². The number of aromatic nitrogens is 1. The van der Waals surface area contributed by atoms with E-state index in [1.807, 2.05) is 17.0 Å². The molecule has 0 bridgehead atoms. The lowest BCUT2D eigenvalue weighted by atomic mass is 9.85. The van der Waals surface area contributed by atoms with E-state index in [2.05, 4.69) is 20.5 Å². The number of Topliss-reactive ketones (excluding diaryl/α,β-unsaturated/α-hetero) is 1. The number of nitrogens with one attached hydrogen (secondary N) is 2. The molecule has 228 valence electrons. The fraction of sp³-hybridized carbons (Fsp3) is 0.625. The summed E-state index contributed by atoms with van der Waals surface area (Å²) in [5.41, 5.74) is 1.78. The van der Waals surface area contributed by atoms with Crippen molar-refractivity contribution < 1.29 is 18.8 Å². The van der Waals surface area contributed by atoms with Crippen molar-refractivity contribution in [1.29, 1.82) is 0 Å². The van der Waals surface area contributed by atoms with E-state index in [0.29, 0.717) is 28.2 Å². The van der Waals surface area contributed by atoms with Gasteiger partial charge in [-0.05, 0) is 81.5 Å². The number of hydrogen-bond donors (Lipinski definition) is 2. The Labute approximate surface area is 252 Å². The Morgan fingerprint density at radius 1 is 1.00 bits per heavy atom. The first-order chi connectivity index (χ1) is 20.2. The number of halogens is 1.